The molecule has 2 heterocycles. The molecule has 9 heteroatoms. The number of hydrogen-bond acceptors (Lipinski definition) is 5. The van der Waals surface area contributed by atoms with Crippen molar-refractivity contribution in [1.29, 1.82) is 0 Å². The van der Waals surface area contributed by atoms with E-state index in [0.29, 0.717) is 19.2 Å². The van der Waals surface area contributed by atoms with Crippen LogP contribution >= 0.6 is 24.0 Å². The minimum atomic E-state index is 0. The summed E-state index contributed by atoms with van der Waals surface area (Å²) in [5, 5.41) is 7.73. The first-order valence-electron chi connectivity index (χ1n) is 10.8. The van der Waals surface area contributed by atoms with E-state index >= 15 is 0 Å². The maximum absolute atomic E-state index is 5.76. The summed E-state index contributed by atoms with van der Waals surface area (Å²) in [6.45, 7) is 2.12. The van der Waals surface area contributed by atoms with Gasteiger partial charge in [0.2, 0.25) is 0 Å². The van der Waals surface area contributed by atoms with Gasteiger partial charge in [-0.05, 0) is 31.0 Å². The van der Waals surface area contributed by atoms with Gasteiger partial charge < -0.3 is 34.6 Å². The van der Waals surface area contributed by atoms with Crippen LogP contribution in [-0.4, -0.2) is 52.0 Å². The molecule has 0 unspecified atom stereocenters. The van der Waals surface area contributed by atoms with Crippen LogP contribution in [0, 0.1) is 0 Å². The molecular weight excluding hydrogens is 535 g/mol. The minimum Gasteiger partial charge on any atom is -0.497 e. The third kappa shape index (κ3) is 6.16. The summed E-state index contributed by atoms with van der Waals surface area (Å²) >= 11 is 0. The van der Waals surface area contributed by atoms with Gasteiger partial charge in [0.1, 0.15) is 11.5 Å². The standard InChI is InChI=1S/C24H30N4O4.HI/c1-25-24(28-17-7-8-21-23(13-17)32-11-5-10-31-21)26-9-4-6-16-12-19-20(27-16)14-18(29-2)15-22(19)30-3;/h7-8,12-15,27H,4-6,9-11H2,1-3H3,(H2,25,26,28);1H. The summed E-state index contributed by atoms with van der Waals surface area (Å²) in [6.07, 6.45) is 2.72. The number of H-pyrrole nitrogens is 1. The van der Waals surface area contributed by atoms with Crippen LogP contribution in [-0.2, 0) is 6.42 Å². The van der Waals surface area contributed by atoms with Crippen molar-refractivity contribution < 1.29 is 18.9 Å². The van der Waals surface area contributed by atoms with Gasteiger partial charge in [0, 0.05) is 55.0 Å². The smallest absolute Gasteiger partial charge is 0.195 e. The average Bonchev–Trinajstić information content (AvgIpc) is 3.09. The molecule has 0 atom stereocenters. The first-order chi connectivity index (χ1) is 15.7. The van der Waals surface area contributed by atoms with Crippen molar-refractivity contribution >= 4 is 46.5 Å². The minimum absolute atomic E-state index is 0. The number of benzene rings is 2. The SMILES string of the molecule is CN=C(NCCCc1cc2c(OC)cc(OC)cc2[nH]1)Nc1ccc2c(c1)OCCCO2.I. The number of nitrogens with zero attached hydrogens (tertiary/aromatic N) is 1. The van der Waals surface area contributed by atoms with E-state index in [2.05, 4.69) is 26.7 Å². The Hall–Kier alpha value is -2.82. The average molecular weight is 566 g/mol. The van der Waals surface area contributed by atoms with Gasteiger partial charge >= 0.3 is 0 Å². The van der Waals surface area contributed by atoms with Gasteiger partial charge in [0.15, 0.2) is 17.5 Å². The van der Waals surface area contributed by atoms with Gasteiger partial charge in [-0.2, -0.15) is 0 Å². The van der Waals surface area contributed by atoms with E-state index in [1.807, 2.05) is 30.3 Å². The Morgan fingerprint density at radius 3 is 2.64 bits per heavy atom. The molecular formula is C24H31IN4O4. The molecule has 1 aromatic heterocycles. The van der Waals surface area contributed by atoms with E-state index < -0.39 is 0 Å². The normalized spacial score (nSPS) is 13.1. The Bertz CT molecular complexity index is 1100. The van der Waals surface area contributed by atoms with E-state index in [1.54, 1.807) is 21.3 Å². The van der Waals surface area contributed by atoms with Crippen LogP contribution in [0.15, 0.2) is 41.4 Å². The highest BCUT2D eigenvalue weighted by Gasteiger charge is 2.12. The predicted octanol–water partition coefficient (Wildman–Crippen LogP) is 4.58. The molecule has 1 aliphatic rings. The molecule has 3 aromatic rings. The number of guanidine groups is 1. The van der Waals surface area contributed by atoms with Gasteiger partial charge in [-0.25, -0.2) is 0 Å². The van der Waals surface area contributed by atoms with Crippen LogP contribution in [0.5, 0.6) is 23.0 Å². The molecule has 0 saturated carbocycles. The van der Waals surface area contributed by atoms with Gasteiger partial charge in [0.25, 0.3) is 0 Å². The van der Waals surface area contributed by atoms with Crippen molar-refractivity contribution in [2.75, 3.05) is 46.3 Å². The van der Waals surface area contributed by atoms with Crippen LogP contribution < -0.4 is 29.6 Å². The molecule has 4 rings (SSSR count). The Kier molecular flexibility index (Phi) is 8.93. The summed E-state index contributed by atoms with van der Waals surface area (Å²) in [4.78, 5) is 7.78. The zero-order chi connectivity index (χ0) is 22.3. The Labute approximate surface area is 211 Å². The van der Waals surface area contributed by atoms with Crippen molar-refractivity contribution in [3.8, 4) is 23.0 Å². The first kappa shape index (κ1) is 24.8. The molecule has 3 N–H and O–H groups in total. The van der Waals surface area contributed by atoms with E-state index in [0.717, 1.165) is 71.1 Å². The van der Waals surface area contributed by atoms with Crippen molar-refractivity contribution in [1.82, 2.24) is 10.3 Å². The molecule has 0 radical (unpaired) electrons. The second-order valence-electron chi connectivity index (χ2n) is 7.53. The molecule has 8 nitrogen and oxygen atoms in total. The number of aliphatic imine (C=N–C) groups is 1. The molecule has 0 bridgehead atoms. The van der Waals surface area contributed by atoms with Crippen molar-refractivity contribution in [3.63, 3.8) is 0 Å². The van der Waals surface area contributed by atoms with Crippen LogP contribution in [0.1, 0.15) is 18.5 Å². The lowest BCUT2D eigenvalue weighted by Gasteiger charge is -2.14. The van der Waals surface area contributed by atoms with Gasteiger partial charge in [-0.1, -0.05) is 0 Å². The van der Waals surface area contributed by atoms with Gasteiger partial charge in [0.05, 0.1) is 33.0 Å². The second-order valence-corrected chi connectivity index (χ2v) is 7.53. The van der Waals surface area contributed by atoms with Crippen molar-refractivity contribution in [2.24, 2.45) is 4.99 Å². The number of aromatic nitrogens is 1. The lowest BCUT2D eigenvalue weighted by atomic mass is 10.2. The predicted molar refractivity (Wildman–Crippen MR) is 142 cm³/mol. The fraction of sp³-hybridized carbons (Fsp3) is 0.375. The van der Waals surface area contributed by atoms with Gasteiger partial charge in [-0.3, -0.25) is 4.99 Å². The van der Waals surface area contributed by atoms with E-state index in [4.69, 9.17) is 18.9 Å². The summed E-state index contributed by atoms with van der Waals surface area (Å²) in [7, 11) is 5.09. The van der Waals surface area contributed by atoms with Crippen LogP contribution in [0.25, 0.3) is 10.9 Å². The number of nitrogens with one attached hydrogen (secondary N) is 3. The number of methoxy groups -OCH3 is 2. The highest BCUT2D eigenvalue weighted by molar-refractivity contribution is 14.0. The quantitative estimate of drug-likeness (QED) is 0.168. The fourth-order valence-corrected chi connectivity index (χ4v) is 3.70. The molecule has 2 aromatic carbocycles. The Morgan fingerprint density at radius 2 is 1.88 bits per heavy atom. The molecule has 0 spiro atoms. The van der Waals surface area contributed by atoms with Crippen LogP contribution in [0.3, 0.4) is 0 Å². The maximum Gasteiger partial charge on any atom is 0.195 e. The zero-order valence-corrected chi connectivity index (χ0v) is 21.5. The summed E-state index contributed by atoms with van der Waals surface area (Å²) in [5.74, 6) is 3.83. The lowest BCUT2D eigenvalue weighted by Crippen LogP contribution is -2.31. The van der Waals surface area contributed by atoms with Gasteiger partial charge in [-0.15, -0.1) is 24.0 Å². The number of rotatable bonds is 7. The summed E-state index contributed by atoms with van der Waals surface area (Å²) in [5.41, 5.74) is 3.06. The topological polar surface area (TPSA) is 89.1 Å². The number of fused-ring (bicyclic) bond motifs is 2. The summed E-state index contributed by atoms with van der Waals surface area (Å²) < 4.78 is 22.3. The van der Waals surface area contributed by atoms with Crippen molar-refractivity contribution in [3.05, 3.63) is 42.1 Å². The van der Waals surface area contributed by atoms with Crippen molar-refractivity contribution in [2.45, 2.75) is 19.3 Å². The Morgan fingerprint density at radius 1 is 1.06 bits per heavy atom. The molecule has 0 amide bonds. The molecule has 0 saturated heterocycles. The monoisotopic (exact) mass is 566 g/mol. The fourth-order valence-electron chi connectivity index (χ4n) is 3.70. The molecule has 33 heavy (non-hydrogen) atoms. The number of aromatic amines is 1. The highest BCUT2D eigenvalue weighted by atomic mass is 127. The molecule has 178 valence electrons. The number of ether oxygens (including phenoxy) is 4. The van der Waals surface area contributed by atoms with Crippen LogP contribution in [0.4, 0.5) is 5.69 Å². The first-order valence-corrected chi connectivity index (χ1v) is 10.8. The maximum atomic E-state index is 5.76. The summed E-state index contributed by atoms with van der Waals surface area (Å²) in [6, 6.07) is 11.9. The molecule has 0 fully saturated rings. The van der Waals surface area contributed by atoms with Crippen LogP contribution in [0.2, 0.25) is 0 Å². The molecule has 1 aliphatic heterocycles. The molecule has 0 aliphatic carbocycles. The lowest BCUT2D eigenvalue weighted by molar-refractivity contribution is 0.297. The number of anilines is 1. The number of hydrogen-bond donors (Lipinski definition) is 3. The number of halogens is 1. The van der Waals surface area contributed by atoms with E-state index in [1.165, 1.54) is 0 Å². The second kappa shape index (κ2) is 11.9. The third-order valence-electron chi connectivity index (χ3n) is 5.33. The zero-order valence-electron chi connectivity index (χ0n) is 19.2. The number of aryl methyl sites for hydroxylation is 1. The largest absolute Gasteiger partial charge is 0.497 e. The van der Waals surface area contributed by atoms with E-state index in [9.17, 15) is 0 Å². The van der Waals surface area contributed by atoms with E-state index in [-0.39, 0.29) is 24.0 Å². The highest BCUT2D eigenvalue weighted by Crippen LogP contribution is 2.33. The third-order valence-corrected chi connectivity index (χ3v) is 5.33. The Balaban J connectivity index is 0.00000306.